The van der Waals surface area contributed by atoms with Crippen LogP contribution < -0.4 is 4.74 Å². The first kappa shape index (κ1) is 26.9. The second kappa shape index (κ2) is 13.4. The number of benzene rings is 3. The number of nitrogens with zero attached hydrogens (tertiary/aromatic N) is 2. The van der Waals surface area contributed by atoms with Crippen molar-refractivity contribution in [2.24, 2.45) is 0 Å². The molecule has 5 heteroatoms. The summed E-state index contributed by atoms with van der Waals surface area (Å²) in [5.74, 6) is 0.897. The minimum Gasteiger partial charge on any atom is -0.491 e. The Morgan fingerprint density at radius 1 is 1.03 bits per heavy atom. The molecule has 3 aromatic carbocycles. The lowest BCUT2D eigenvalue weighted by molar-refractivity contribution is -0.0699. The summed E-state index contributed by atoms with van der Waals surface area (Å²) in [6, 6.07) is 25.7. The van der Waals surface area contributed by atoms with Crippen LogP contribution in [0.2, 0.25) is 0 Å². The topological polar surface area (TPSA) is 34.2 Å². The summed E-state index contributed by atoms with van der Waals surface area (Å²) in [5, 5.41) is 0. The third-order valence-corrected chi connectivity index (χ3v) is 7.12. The van der Waals surface area contributed by atoms with Crippen molar-refractivity contribution < 1.29 is 14.2 Å². The van der Waals surface area contributed by atoms with Gasteiger partial charge < -0.3 is 19.1 Å². The molecule has 0 radical (unpaired) electrons. The van der Waals surface area contributed by atoms with Crippen LogP contribution in [0.15, 0.2) is 104 Å². The van der Waals surface area contributed by atoms with Crippen molar-refractivity contribution in [2.45, 2.75) is 32.3 Å². The van der Waals surface area contributed by atoms with Crippen LogP contribution in [0.4, 0.5) is 0 Å². The van der Waals surface area contributed by atoms with E-state index in [9.17, 15) is 0 Å². The van der Waals surface area contributed by atoms with Gasteiger partial charge in [0.05, 0.1) is 13.2 Å². The Morgan fingerprint density at radius 3 is 2.74 bits per heavy atom. The molecular formula is C34H38N2O3. The summed E-state index contributed by atoms with van der Waals surface area (Å²) in [7, 11) is 0. The quantitative estimate of drug-likeness (QED) is 0.286. The molecule has 0 aromatic heterocycles. The fourth-order valence-corrected chi connectivity index (χ4v) is 5.06. The van der Waals surface area contributed by atoms with E-state index in [0.717, 1.165) is 31.8 Å². The van der Waals surface area contributed by atoms with Gasteiger partial charge in [0, 0.05) is 19.6 Å². The van der Waals surface area contributed by atoms with Gasteiger partial charge in [-0.2, -0.15) is 0 Å². The summed E-state index contributed by atoms with van der Waals surface area (Å²) in [5.41, 5.74) is 6.48. The van der Waals surface area contributed by atoms with Gasteiger partial charge in [0.15, 0.2) is 6.29 Å². The maximum absolute atomic E-state index is 6.09. The maximum atomic E-state index is 6.09. The van der Waals surface area contributed by atoms with E-state index in [-0.39, 0.29) is 12.4 Å². The minimum atomic E-state index is -0.274. The summed E-state index contributed by atoms with van der Waals surface area (Å²) in [6.07, 6.45) is 10.9. The van der Waals surface area contributed by atoms with Crippen molar-refractivity contribution in [1.82, 2.24) is 9.80 Å². The number of allylic oxidation sites excluding steroid dienone is 1. The zero-order valence-corrected chi connectivity index (χ0v) is 22.7. The van der Waals surface area contributed by atoms with Gasteiger partial charge in [0.25, 0.3) is 0 Å². The molecule has 2 aliphatic rings. The number of ether oxygens (including phenoxy) is 3. The Kier molecular flexibility index (Phi) is 9.28. The minimum absolute atomic E-state index is 0.0704. The van der Waals surface area contributed by atoms with Crippen molar-refractivity contribution in [2.75, 3.05) is 32.8 Å². The highest BCUT2D eigenvalue weighted by Gasteiger charge is 2.27. The highest BCUT2D eigenvalue weighted by molar-refractivity contribution is 5.67. The van der Waals surface area contributed by atoms with Crippen LogP contribution in [-0.2, 0) is 22.4 Å². The van der Waals surface area contributed by atoms with Crippen LogP contribution >= 0.6 is 0 Å². The molecule has 5 rings (SSSR count). The molecule has 0 bridgehead atoms. The summed E-state index contributed by atoms with van der Waals surface area (Å²) in [4.78, 5) is 4.45. The fraction of sp³-hybridized carbons (Fsp3) is 0.294. The predicted octanol–water partition coefficient (Wildman–Crippen LogP) is 6.52. The van der Waals surface area contributed by atoms with Crippen LogP contribution in [0.25, 0.3) is 17.2 Å². The molecule has 202 valence electrons. The van der Waals surface area contributed by atoms with E-state index in [1.165, 1.54) is 27.8 Å². The van der Waals surface area contributed by atoms with Gasteiger partial charge in [-0.25, -0.2) is 0 Å². The zero-order valence-electron chi connectivity index (χ0n) is 22.7. The van der Waals surface area contributed by atoms with E-state index in [0.29, 0.717) is 19.8 Å². The Bertz CT molecular complexity index is 1290. The number of rotatable bonds is 11. The van der Waals surface area contributed by atoms with Gasteiger partial charge in [0.2, 0.25) is 0 Å². The van der Waals surface area contributed by atoms with Gasteiger partial charge in [-0.3, -0.25) is 4.90 Å². The average molecular weight is 523 g/mol. The number of fused-ring (bicyclic) bond motifs is 1. The second-order valence-electron chi connectivity index (χ2n) is 10.0. The Labute approximate surface area is 232 Å². The van der Waals surface area contributed by atoms with Crippen LogP contribution in [0.1, 0.15) is 23.6 Å². The van der Waals surface area contributed by atoms with Gasteiger partial charge in [-0.05, 0) is 71.8 Å². The first-order chi connectivity index (χ1) is 19.2. The lowest BCUT2D eigenvalue weighted by Gasteiger charge is -2.28. The zero-order chi connectivity index (χ0) is 26.9. The molecule has 0 aliphatic carbocycles. The summed E-state index contributed by atoms with van der Waals surface area (Å²) < 4.78 is 17.9. The molecule has 0 spiro atoms. The van der Waals surface area contributed by atoms with Crippen molar-refractivity contribution >= 4 is 6.08 Å². The fourth-order valence-electron chi connectivity index (χ4n) is 5.06. The molecule has 2 atom stereocenters. The van der Waals surface area contributed by atoms with Crippen LogP contribution in [-0.4, -0.2) is 55.0 Å². The second-order valence-corrected chi connectivity index (χ2v) is 10.0. The largest absolute Gasteiger partial charge is 0.491 e. The molecular weight excluding hydrogens is 484 g/mol. The van der Waals surface area contributed by atoms with Crippen molar-refractivity contribution in [3.63, 3.8) is 0 Å². The first-order valence-corrected chi connectivity index (χ1v) is 13.8. The molecule has 2 aliphatic heterocycles. The Hall–Kier alpha value is -3.64. The van der Waals surface area contributed by atoms with Gasteiger partial charge in [0.1, 0.15) is 18.5 Å². The monoisotopic (exact) mass is 522 g/mol. The molecule has 0 saturated carbocycles. The third kappa shape index (κ3) is 7.48. The molecule has 2 unspecified atom stereocenters. The molecule has 1 fully saturated rings. The first-order valence-electron chi connectivity index (χ1n) is 13.8. The highest BCUT2D eigenvalue weighted by atomic mass is 16.7. The van der Waals surface area contributed by atoms with Crippen LogP contribution in [0.3, 0.4) is 0 Å². The standard InChI is InChI=1S/C34H38N2O3/c1-3-18-35(4-2)24-34-38-26-33(39-34)25-37-32-16-15-31-23-36(20-17-30(31)22-32)19-9-11-27-10-8-14-29(21-27)28-12-6-5-7-13-28/h3-16,18,21-22,33-34H,2,17,19-20,23-26H2,1H3/b11-9+,18-3-. The Morgan fingerprint density at radius 2 is 1.90 bits per heavy atom. The van der Waals surface area contributed by atoms with Crippen molar-refractivity contribution in [3.05, 3.63) is 121 Å². The lowest BCUT2D eigenvalue weighted by atomic mass is 9.99. The maximum Gasteiger partial charge on any atom is 0.176 e. The third-order valence-electron chi connectivity index (χ3n) is 7.12. The van der Waals surface area contributed by atoms with Crippen molar-refractivity contribution in [1.29, 1.82) is 0 Å². The molecule has 2 heterocycles. The van der Waals surface area contributed by atoms with Gasteiger partial charge >= 0.3 is 0 Å². The van der Waals surface area contributed by atoms with E-state index < -0.39 is 0 Å². The molecule has 39 heavy (non-hydrogen) atoms. The van der Waals surface area contributed by atoms with Crippen LogP contribution in [0, 0.1) is 0 Å². The SMILES string of the molecule is C=CN(/C=C\C)CC1OCC(COc2ccc3c(c2)CCN(C/C=C/c2cccc(-c4ccccc4)c2)C3)O1. The average Bonchev–Trinajstić information content (AvgIpc) is 3.43. The van der Waals surface area contributed by atoms with Crippen molar-refractivity contribution in [3.8, 4) is 16.9 Å². The van der Waals surface area contributed by atoms with E-state index in [2.05, 4.69) is 96.4 Å². The van der Waals surface area contributed by atoms with E-state index in [4.69, 9.17) is 14.2 Å². The molecule has 0 amide bonds. The smallest absolute Gasteiger partial charge is 0.176 e. The lowest BCUT2D eigenvalue weighted by Crippen LogP contribution is -2.30. The molecule has 0 N–H and O–H groups in total. The van der Waals surface area contributed by atoms with Gasteiger partial charge in [-0.15, -0.1) is 0 Å². The van der Waals surface area contributed by atoms with E-state index in [1.54, 1.807) is 6.20 Å². The number of hydrogen-bond donors (Lipinski definition) is 0. The molecule has 1 saturated heterocycles. The summed E-state index contributed by atoms with van der Waals surface area (Å²) in [6.45, 7) is 10.4. The van der Waals surface area contributed by atoms with E-state index in [1.807, 2.05) is 24.1 Å². The molecule has 5 nitrogen and oxygen atoms in total. The Balaban J connectivity index is 1.09. The normalized spacial score (nSPS) is 19.4. The van der Waals surface area contributed by atoms with Gasteiger partial charge in [-0.1, -0.05) is 79.4 Å². The van der Waals surface area contributed by atoms with Crippen LogP contribution in [0.5, 0.6) is 5.75 Å². The summed E-state index contributed by atoms with van der Waals surface area (Å²) >= 11 is 0. The number of hydrogen-bond acceptors (Lipinski definition) is 5. The predicted molar refractivity (Wildman–Crippen MR) is 158 cm³/mol. The highest BCUT2D eigenvalue weighted by Crippen LogP contribution is 2.25. The molecule has 3 aromatic rings. The van der Waals surface area contributed by atoms with E-state index >= 15 is 0 Å².